The van der Waals surface area contributed by atoms with E-state index in [1.807, 2.05) is 30.3 Å². The van der Waals surface area contributed by atoms with Crippen LogP contribution in [0.3, 0.4) is 0 Å². The van der Waals surface area contributed by atoms with Gasteiger partial charge < -0.3 is 15.0 Å². The van der Waals surface area contributed by atoms with Crippen LogP contribution in [-0.2, 0) is 0 Å². The van der Waals surface area contributed by atoms with Gasteiger partial charge >= 0.3 is 0 Å². The SMILES string of the molecule is COc1ccc(-c2[nH]c3c(Cl)cc(Cl)cc3c2C2=NCCN2)cc1. The zero-order valence-corrected chi connectivity index (χ0v) is 14.5. The van der Waals surface area contributed by atoms with Gasteiger partial charge in [-0.05, 0) is 42.0 Å². The molecule has 2 heterocycles. The van der Waals surface area contributed by atoms with Crippen LogP contribution in [0.25, 0.3) is 22.2 Å². The number of ether oxygens (including phenoxy) is 1. The van der Waals surface area contributed by atoms with Crippen LogP contribution in [-0.4, -0.2) is 31.0 Å². The first-order valence-corrected chi connectivity index (χ1v) is 8.37. The van der Waals surface area contributed by atoms with Crippen LogP contribution in [0.5, 0.6) is 5.75 Å². The van der Waals surface area contributed by atoms with Crippen LogP contribution in [0.2, 0.25) is 10.0 Å². The maximum atomic E-state index is 6.39. The van der Waals surface area contributed by atoms with Crippen molar-refractivity contribution in [1.29, 1.82) is 0 Å². The first kappa shape index (κ1) is 15.4. The van der Waals surface area contributed by atoms with Crippen molar-refractivity contribution in [2.45, 2.75) is 0 Å². The van der Waals surface area contributed by atoms with Gasteiger partial charge in [0, 0.05) is 22.5 Å². The van der Waals surface area contributed by atoms with E-state index in [-0.39, 0.29) is 0 Å². The smallest absolute Gasteiger partial charge is 0.131 e. The number of fused-ring (bicyclic) bond motifs is 1. The predicted octanol–water partition coefficient (Wildman–Crippen LogP) is 4.50. The average Bonchev–Trinajstić information content (AvgIpc) is 3.22. The molecule has 3 aromatic rings. The highest BCUT2D eigenvalue weighted by Gasteiger charge is 2.21. The summed E-state index contributed by atoms with van der Waals surface area (Å²) in [5.74, 6) is 1.68. The molecule has 0 aliphatic carbocycles. The minimum atomic E-state index is 0.595. The van der Waals surface area contributed by atoms with E-state index in [2.05, 4.69) is 15.3 Å². The number of hydrogen-bond donors (Lipinski definition) is 2. The van der Waals surface area contributed by atoms with E-state index >= 15 is 0 Å². The number of benzene rings is 2. The third kappa shape index (κ3) is 2.52. The zero-order chi connectivity index (χ0) is 16.7. The number of nitrogens with one attached hydrogen (secondary N) is 2. The number of rotatable bonds is 3. The van der Waals surface area contributed by atoms with Crippen molar-refractivity contribution in [3.8, 4) is 17.0 Å². The number of halogens is 2. The number of H-pyrrole nitrogens is 1. The van der Waals surface area contributed by atoms with Crippen molar-refractivity contribution in [2.75, 3.05) is 20.2 Å². The molecule has 6 heteroatoms. The largest absolute Gasteiger partial charge is 0.497 e. The van der Waals surface area contributed by atoms with Gasteiger partial charge in [0.1, 0.15) is 11.6 Å². The van der Waals surface area contributed by atoms with Crippen molar-refractivity contribution in [3.05, 3.63) is 52.0 Å². The van der Waals surface area contributed by atoms with E-state index in [0.29, 0.717) is 10.0 Å². The van der Waals surface area contributed by atoms with Gasteiger partial charge in [-0.25, -0.2) is 0 Å². The number of amidine groups is 1. The van der Waals surface area contributed by atoms with Gasteiger partial charge in [-0.15, -0.1) is 0 Å². The lowest BCUT2D eigenvalue weighted by atomic mass is 10.0. The lowest BCUT2D eigenvalue weighted by Gasteiger charge is -2.07. The molecule has 1 aliphatic rings. The molecule has 0 bridgehead atoms. The Morgan fingerprint density at radius 2 is 1.92 bits per heavy atom. The molecule has 0 fully saturated rings. The molecule has 0 amide bonds. The maximum absolute atomic E-state index is 6.39. The van der Waals surface area contributed by atoms with Crippen molar-refractivity contribution in [1.82, 2.24) is 10.3 Å². The Labute approximate surface area is 149 Å². The first-order valence-electron chi connectivity index (χ1n) is 7.61. The fourth-order valence-electron chi connectivity index (χ4n) is 3.01. The van der Waals surface area contributed by atoms with E-state index in [1.54, 1.807) is 13.2 Å². The second-order valence-corrected chi connectivity index (χ2v) is 6.41. The Bertz CT molecular complexity index is 945. The van der Waals surface area contributed by atoms with Crippen molar-refractivity contribution < 1.29 is 4.74 Å². The van der Waals surface area contributed by atoms with Gasteiger partial charge in [-0.3, -0.25) is 4.99 Å². The lowest BCUT2D eigenvalue weighted by molar-refractivity contribution is 0.415. The van der Waals surface area contributed by atoms with Crippen molar-refractivity contribution in [3.63, 3.8) is 0 Å². The highest BCUT2D eigenvalue weighted by Crippen LogP contribution is 2.36. The number of aliphatic imine (C=N–C) groups is 1. The summed E-state index contributed by atoms with van der Waals surface area (Å²) >= 11 is 12.6. The zero-order valence-electron chi connectivity index (χ0n) is 13.0. The van der Waals surface area contributed by atoms with Gasteiger partial charge in [0.15, 0.2) is 0 Å². The third-order valence-corrected chi connectivity index (χ3v) is 4.63. The summed E-state index contributed by atoms with van der Waals surface area (Å²) in [4.78, 5) is 8.02. The minimum absolute atomic E-state index is 0.595. The molecule has 0 radical (unpaired) electrons. The van der Waals surface area contributed by atoms with Crippen LogP contribution < -0.4 is 10.1 Å². The van der Waals surface area contributed by atoms with Gasteiger partial charge in [0.05, 0.1) is 29.9 Å². The quantitative estimate of drug-likeness (QED) is 0.723. The van der Waals surface area contributed by atoms with E-state index in [1.165, 1.54) is 0 Å². The maximum Gasteiger partial charge on any atom is 0.131 e. The lowest BCUT2D eigenvalue weighted by Crippen LogP contribution is -2.19. The molecule has 0 saturated heterocycles. The monoisotopic (exact) mass is 359 g/mol. The molecule has 1 aromatic heterocycles. The van der Waals surface area contributed by atoms with Crippen molar-refractivity contribution in [2.24, 2.45) is 4.99 Å². The van der Waals surface area contributed by atoms with Crippen LogP contribution >= 0.6 is 23.2 Å². The summed E-state index contributed by atoms with van der Waals surface area (Å²) in [6.07, 6.45) is 0. The summed E-state index contributed by atoms with van der Waals surface area (Å²) < 4.78 is 5.24. The summed E-state index contributed by atoms with van der Waals surface area (Å²) in [6, 6.07) is 11.6. The van der Waals surface area contributed by atoms with Crippen LogP contribution in [0, 0.1) is 0 Å². The molecule has 2 N–H and O–H groups in total. The molecule has 1 aliphatic heterocycles. The molecule has 0 spiro atoms. The predicted molar refractivity (Wildman–Crippen MR) is 99.7 cm³/mol. The van der Waals surface area contributed by atoms with Crippen LogP contribution in [0.15, 0.2) is 41.4 Å². The topological polar surface area (TPSA) is 49.4 Å². The second-order valence-electron chi connectivity index (χ2n) is 5.57. The normalized spacial score (nSPS) is 13.9. The molecule has 4 nitrogen and oxygen atoms in total. The first-order chi connectivity index (χ1) is 11.7. The Balaban J connectivity index is 1.99. The average molecular weight is 360 g/mol. The molecule has 0 atom stereocenters. The van der Waals surface area contributed by atoms with Gasteiger partial charge in [-0.2, -0.15) is 0 Å². The number of nitrogens with zero attached hydrogens (tertiary/aromatic N) is 1. The fraction of sp³-hybridized carbons (Fsp3) is 0.167. The fourth-order valence-corrected chi connectivity index (χ4v) is 3.55. The van der Waals surface area contributed by atoms with Crippen LogP contribution in [0.4, 0.5) is 0 Å². The highest BCUT2D eigenvalue weighted by atomic mass is 35.5. The summed E-state index contributed by atoms with van der Waals surface area (Å²) in [6.45, 7) is 1.59. The number of aromatic nitrogens is 1. The summed E-state index contributed by atoms with van der Waals surface area (Å²) in [5, 5.41) is 5.51. The summed E-state index contributed by atoms with van der Waals surface area (Å²) in [5.41, 5.74) is 3.85. The summed E-state index contributed by atoms with van der Waals surface area (Å²) in [7, 11) is 1.66. The number of methoxy groups -OCH3 is 1. The van der Waals surface area contributed by atoms with Crippen LogP contribution in [0.1, 0.15) is 5.56 Å². The highest BCUT2D eigenvalue weighted by molar-refractivity contribution is 6.39. The van der Waals surface area contributed by atoms with E-state index in [9.17, 15) is 0 Å². The number of aromatic amines is 1. The third-order valence-electron chi connectivity index (χ3n) is 4.11. The van der Waals surface area contributed by atoms with Crippen molar-refractivity contribution >= 4 is 39.9 Å². The molecule has 2 aromatic carbocycles. The van der Waals surface area contributed by atoms with Gasteiger partial charge in [0.2, 0.25) is 0 Å². The van der Waals surface area contributed by atoms with E-state index < -0.39 is 0 Å². The minimum Gasteiger partial charge on any atom is -0.497 e. The molecule has 122 valence electrons. The standard InChI is InChI=1S/C18H15Cl2N3O/c1-24-12-4-2-10(3-5-12)16-15(18-21-6-7-22-18)13-8-11(19)9-14(20)17(13)23-16/h2-5,8-9,23H,6-7H2,1H3,(H,21,22). The Morgan fingerprint density at radius 3 is 2.58 bits per heavy atom. The Hall–Kier alpha value is -2.17. The second kappa shape index (κ2) is 6.04. The molecular weight excluding hydrogens is 345 g/mol. The number of hydrogen-bond acceptors (Lipinski definition) is 3. The molecule has 0 unspecified atom stereocenters. The Kier molecular flexibility index (Phi) is 3.87. The van der Waals surface area contributed by atoms with E-state index in [0.717, 1.165) is 52.4 Å². The van der Waals surface area contributed by atoms with E-state index in [4.69, 9.17) is 27.9 Å². The molecular formula is C18H15Cl2N3O. The van der Waals surface area contributed by atoms with Gasteiger partial charge in [0.25, 0.3) is 0 Å². The van der Waals surface area contributed by atoms with Gasteiger partial charge in [-0.1, -0.05) is 23.2 Å². The molecule has 4 rings (SSSR count). The molecule has 24 heavy (non-hydrogen) atoms. The Morgan fingerprint density at radius 1 is 1.12 bits per heavy atom. The molecule has 0 saturated carbocycles.